The molecule has 0 bridgehead atoms. The monoisotopic (exact) mass is 243 g/mol. The summed E-state index contributed by atoms with van der Waals surface area (Å²) in [6, 6.07) is -0.927. The number of hydrogen-bond donors (Lipinski definition) is 1. The number of carboxylic acids is 1. The van der Waals surface area contributed by atoms with Crippen LogP contribution in [0.1, 0.15) is 9.67 Å². The van der Waals surface area contributed by atoms with Crippen molar-refractivity contribution in [3.63, 3.8) is 0 Å². The van der Waals surface area contributed by atoms with E-state index in [1.807, 2.05) is 0 Å². The van der Waals surface area contributed by atoms with Crippen molar-refractivity contribution in [2.75, 3.05) is 19.8 Å². The molecule has 7 nitrogen and oxygen atoms in total. The van der Waals surface area contributed by atoms with Crippen LogP contribution in [0.5, 0.6) is 0 Å². The molecule has 0 saturated carbocycles. The Hall–Kier alpha value is -1.54. The van der Waals surface area contributed by atoms with E-state index in [4.69, 9.17) is 9.84 Å². The molecule has 1 unspecified atom stereocenters. The standard InChI is InChI=1S/C8H9N3O4S/c12-7(6-3-9-10-16-6)11-1-2-15-4-5(11)8(13)14/h3,5H,1-2,4H2,(H,13,14). The van der Waals surface area contributed by atoms with E-state index in [0.29, 0.717) is 11.5 Å². The highest BCUT2D eigenvalue weighted by atomic mass is 32.1. The number of ether oxygens (including phenoxy) is 1. The molecule has 2 heterocycles. The predicted molar refractivity (Wildman–Crippen MR) is 53.2 cm³/mol. The Labute approximate surface area is 94.8 Å². The first-order valence-corrected chi connectivity index (χ1v) is 5.36. The Bertz CT molecular complexity index is 394. The minimum absolute atomic E-state index is 0.0211. The summed E-state index contributed by atoms with van der Waals surface area (Å²) in [7, 11) is 0. The molecule has 1 amide bonds. The largest absolute Gasteiger partial charge is 0.480 e. The van der Waals surface area contributed by atoms with E-state index in [9.17, 15) is 9.59 Å². The van der Waals surface area contributed by atoms with Gasteiger partial charge in [-0.1, -0.05) is 4.49 Å². The van der Waals surface area contributed by atoms with Crippen LogP contribution in [0, 0.1) is 0 Å². The smallest absolute Gasteiger partial charge is 0.328 e. The predicted octanol–water partition coefficient (Wildman–Crippen LogP) is -0.536. The lowest BCUT2D eigenvalue weighted by Crippen LogP contribution is -2.52. The molecular formula is C8H9N3O4S. The van der Waals surface area contributed by atoms with E-state index < -0.39 is 12.0 Å². The van der Waals surface area contributed by atoms with E-state index in [2.05, 4.69) is 9.59 Å². The first-order valence-electron chi connectivity index (χ1n) is 4.59. The van der Waals surface area contributed by atoms with Crippen molar-refractivity contribution in [3.05, 3.63) is 11.1 Å². The summed E-state index contributed by atoms with van der Waals surface area (Å²) in [4.78, 5) is 24.5. The molecule has 1 aromatic heterocycles. The fourth-order valence-electron chi connectivity index (χ4n) is 1.45. The van der Waals surface area contributed by atoms with Crippen molar-refractivity contribution in [2.45, 2.75) is 6.04 Å². The Morgan fingerprint density at radius 3 is 3.06 bits per heavy atom. The zero-order valence-corrected chi connectivity index (χ0v) is 9.01. The number of amides is 1. The van der Waals surface area contributed by atoms with Gasteiger partial charge in [-0.05, 0) is 11.5 Å². The number of rotatable bonds is 2. The molecule has 1 N–H and O–H groups in total. The van der Waals surface area contributed by atoms with Crippen LogP contribution in [0.3, 0.4) is 0 Å². The van der Waals surface area contributed by atoms with E-state index in [0.717, 1.165) is 11.5 Å². The molecule has 0 aliphatic carbocycles. The van der Waals surface area contributed by atoms with Crippen LogP contribution in [0.15, 0.2) is 6.20 Å². The molecule has 8 heteroatoms. The average Bonchev–Trinajstić information content (AvgIpc) is 2.81. The summed E-state index contributed by atoms with van der Waals surface area (Å²) in [5, 5.41) is 12.5. The topological polar surface area (TPSA) is 92.6 Å². The number of carbonyl (C=O) groups excluding carboxylic acids is 1. The Balaban J connectivity index is 2.17. The third-order valence-electron chi connectivity index (χ3n) is 2.25. The number of morpholine rings is 1. The normalized spacial score (nSPS) is 20.8. The van der Waals surface area contributed by atoms with Gasteiger partial charge in [-0.25, -0.2) is 4.79 Å². The second kappa shape index (κ2) is 4.54. The highest BCUT2D eigenvalue weighted by Crippen LogP contribution is 2.14. The van der Waals surface area contributed by atoms with Crippen LogP contribution in [0.2, 0.25) is 0 Å². The summed E-state index contributed by atoms with van der Waals surface area (Å²) < 4.78 is 8.61. The van der Waals surface area contributed by atoms with Crippen molar-refractivity contribution in [3.8, 4) is 0 Å². The van der Waals surface area contributed by atoms with E-state index in [-0.39, 0.29) is 19.1 Å². The van der Waals surface area contributed by atoms with Gasteiger partial charge in [-0.2, -0.15) is 0 Å². The fourth-order valence-corrected chi connectivity index (χ4v) is 1.93. The van der Waals surface area contributed by atoms with Gasteiger partial charge < -0.3 is 14.7 Å². The van der Waals surface area contributed by atoms with E-state index in [1.165, 1.54) is 11.1 Å². The molecule has 1 saturated heterocycles. The molecule has 1 atom stereocenters. The van der Waals surface area contributed by atoms with Gasteiger partial charge >= 0.3 is 5.97 Å². The summed E-state index contributed by atoms with van der Waals surface area (Å²) in [5.74, 6) is -1.42. The maximum atomic E-state index is 11.9. The van der Waals surface area contributed by atoms with Crippen molar-refractivity contribution < 1.29 is 19.4 Å². The van der Waals surface area contributed by atoms with Crippen LogP contribution >= 0.6 is 11.5 Å². The van der Waals surface area contributed by atoms with Crippen LogP contribution in [0.4, 0.5) is 0 Å². The van der Waals surface area contributed by atoms with Crippen LogP contribution in [0.25, 0.3) is 0 Å². The first kappa shape index (κ1) is 11.0. The number of aromatic nitrogens is 2. The molecule has 16 heavy (non-hydrogen) atoms. The summed E-state index contributed by atoms with van der Waals surface area (Å²) in [6.07, 6.45) is 1.33. The molecule has 1 aliphatic rings. The van der Waals surface area contributed by atoms with Gasteiger partial charge in [-0.3, -0.25) is 4.79 Å². The van der Waals surface area contributed by atoms with Gasteiger partial charge in [0.15, 0.2) is 6.04 Å². The summed E-state index contributed by atoms with van der Waals surface area (Å²) in [5.41, 5.74) is 0. The van der Waals surface area contributed by atoms with Gasteiger partial charge in [0.2, 0.25) is 0 Å². The SMILES string of the molecule is O=C(O)C1COCCN1C(=O)c1cnns1. The van der Waals surface area contributed by atoms with Gasteiger partial charge in [0, 0.05) is 6.54 Å². The molecule has 0 aromatic carbocycles. The molecule has 2 rings (SSSR count). The Morgan fingerprint density at radius 1 is 1.62 bits per heavy atom. The molecule has 0 radical (unpaired) electrons. The minimum atomic E-state index is -1.06. The number of carboxylic acid groups (broad SMARTS) is 1. The first-order chi connectivity index (χ1) is 7.70. The molecule has 1 aliphatic heterocycles. The van der Waals surface area contributed by atoms with Gasteiger partial charge in [0.1, 0.15) is 4.88 Å². The second-order valence-electron chi connectivity index (χ2n) is 3.21. The van der Waals surface area contributed by atoms with Crippen LogP contribution < -0.4 is 0 Å². The van der Waals surface area contributed by atoms with Gasteiger partial charge in [0.05, 0.1) is 19.4 Å². The van der Waals surface area contributed by atoms with E-state index >= 15 is 0 Å². The highest BCUT2D eigenvalue weighted by Gasteiger charge is 2.33. The van der Waals surface area contributed by atoms with Gasteiger partial charge in [0.25, 0.3) is 5.91 Å². The Kier molecular flexibility index (Phi) is 3.11. The lowest BCUT2D eigenvalue weighted by atomic mass is 10.2. The average molecular weight is 243 g/mol. The van der Waals surface area contributed by atoms with Crippen LogP contribution in [-0.4, -0.2) is 57.3 Å². The second-order valence-corrected chi connectivity index (χ2v) is 3.99. The maximum absolute atomic E-state index is 11.9. The molecule has 86 valence electrons. The third-order valence-corrected chi connectivity index (χ3v) is 2.90. The zero-order valence-electron chi connectivity index (χ0n) is 8.20. The zero-order chi connectivity index (χ0) is 11.5. The van der Waals surface area contributed by atoms with Crippen molar-refractivity contribution in [1.82, 2.24) is 14.5 Å². The highest BCUT2D eigenvalue weighted by molar-refractivity contribution is 7.07. The third kappa shape index (κ3) is 2.02. The quantitative estimate of drug-likeness (QED) is 0.750. The Morgan fingerprint density at radius 2 is 2.44 bits per heavy atom. The van der Waals surface area contributed by atoms with Crippen molar-refractivity contribution in [2.24, 2.45) is 0 Å². The van der Waals surface area contributed by atoms with Crippen molar-refractivity contribution in [1.29, 1.82) is 0 Å². The number of nitrogens with zero attached hydrogens (tertiary/aromatic N) is 3. The molecular weight excluding hydrogens is 234 g/mol. The van der Waals surface area contributed by atoms with Crippen LogP contribution in [-0.2, 0) is 9.53 Å². The summed E-state index contributed by atoms with van der Waals surface area (Å²) in [6.45, 7) is 0.642. The molecule has 0 spiro atoms. The number of aliphatic carboxylic acids is 1. The molecule has 1 aromatic rings. The number of hydrogen-bond acceptors (Lipinski definition) is 6. The van der Waals surface area contributed by atoms with Crippen molar-refractivity contribution >= 4 is 23.4 Å². The summed E-state index contributed by atoms with van der Waals surface area (Å²) >= 11 is 0.952. The lowest BCUT2D eigenvalue weighted by molar-refractivity contribution is -0.147. The fraction of sp³-hybridized carbons (Fsp3) is 0.500. The number of carbonyl (C=O) groups is 2. The lowest BCUT2D eigenvalue weighted by Gasteiger charge is -2.32. The molecule has 1 fully saturated rings. The minimum Gasteiger partial charge on any atom is -0.480 e. The van der Waals surface area contributed by atoms with Gasteiger partial charge in [-0.15, -0.1) is 5.10 Å². The maximum Gasteiger partial charge on any atom is 0.328 e. The van der Waals surface area contributed by atoms with E-state index in [1.54, 1.807) is 0 Å².